The van der Waals surface area contributed by atoms with Crippen LogP contribution in [0.5, 0.6) is 0 Å². The Morgan fingerprint density at radius 3 is 2.64 bits per heavy atom. The second kappa shape index (κ2) is 6.87. The number of imide groups is 1. The van der Waals surface area contributed by atoms with E-state index in [0.717, 1.165) is 25.0 Å². The van der Waals surface area contributed by atoms with Crippen LogP contribution in [-0.4, -0.2) is 30.1 Å². The molecule has 3 amide bonds. The van der Waals surface area contributed by atoms with E-state index in [9.17, 15) is 18.8 Å². The predicted molar refractivity (Wildman–Crippen MR) is 78.7 cm³/mol. The summed E-state index contributed by atoms with van der Waals surface area (Å²) < 4.78 is 18.1. The topological polar surface area (TPSA) is 84.5 Å². The van der Waals surface area contributed by atoms with Crippen molar-refractivity contribution in [2.75, 3.05) is 0 Å². The Hall–Kier alpha value is -1.96. The highest BCUT2D eigenvalue weighted by molar-refractivity contribution is 9.10. The van der Waals surface area contributed by atoms with Crippen LogP contribution in [0.2, 0.25) is 0 Å². The molecule has 6 nitrogen and oxygen atoms in total. The van der Waals surface area contributed by atoms with Crippen molar-refractivity contribution in [3.8, 4) is 0 Å². The van der Waals surface area contributed by atoms with E-state index in [0.29, 0.717) is 0 Å². The molecular formula is C14H14BrFN2O4. The maximum Gasteiger partial charge on any atom is 0.340 e. The number of hydrogen-bond donors (Lipinski definition) is 2. The van der Waals surface area contributed by atoms with E-state index in [1.807, 2.05) is 0 Å². The lowest BCUT2D eigenvalue weighted by Gasteiger charge is -2.13. The van der Waals surface area contributed by atoms with Gasteiger partial charge in [-0.2, -0.15) is 0 Å². The van der Waals surface area contributed by atoms with Crippen LogP contribution in [0.3, 0.4) is 0 Å². The third-order valence-corrected chi connectivity index (χ3v) is 3.61. The third-order valence-electron chi connectivity index (χ3n) is 2.95. The molecule has 1 aromatic carbocycles. The highest BCUT2D eigenvalue weighted by Crippen LogP contribution is 2.20. The fourth-order valence-corrected chi connectivity index (χ4v) is 2.11. The molecule has 118 valence electrons. The Morgan fingerprint density at radius 1 is 1.36 bits per heavy atom. The van der Waals surface area contributed by atoms with Gasteiger partial charge in [0.2, 0.25) is 0 Å². The molecule has 8 heteroatoms. The van der Waals surface area contributed by atoms with Crippen LogP contribution < -0.4 is 10.6 Å². The largest absolute Gasteiger partial charge is 0.449 e. The molecule has 1 atom stereocenters. The first-order valence-electron chi connectivity index (χ1n) is 6.64. The van der Waals surface area contributed by atoms with Crippen LogP contribution in [-0.2, 0) is 9.53 Å². The number of carbonyl (C=O) groups excluding carboxylic acids is 3. The SMILES string of the molecule is CC(OC(=O)c1ccc(F)cc1Br)C(=O)NC(=O)NC1CC1. The fourth-order valence-electron chi connectivity index (χ4n) is 1.60. The van der Waals surface area contributed by atoms with Crippen LogP contribution >= 0.6 is 15.9 Å². The summed E-state index contributed by atoms with van der Waals surface area (Å²) in [5, 5.41) is 4.67. The van der Waals surface area contributed by atoms with Crippen molar-refractivity contribution in [1.82, 2.24) is 10.6 Å². The molecule has 0 spiro atoms. The number of esters is 1. The third kappa shape index (κ3) is 4.52. The Kier molecular flexibility index (Phi) is 5.12. The lowest BCUT2D eigenvalue weighted by atomic mass is 10.2. The molecule has 1 aliphatic carbocycles. The van der Waals surface area contributed by atoms with Crippen LogP contribution in [0, 0.1) is 5.82 Å². The molecule has 0 aromatic heterocycles. The number of carbonyl (C=O) groups is 3. The Bertz CT molecular complexity index is 619. The highest BCUT2D eigenvalue weighted by atomic mass is 79.9. The fraction of sp³-hybridized carbons (Fsp3) is 0.357. The second-order valence-corrected chi connectivity index (χ2v) is 5.76. The van der Waals surface area contributed by atoms with Crippen LogP contribution in [0.25, 0.3) is 0 Å². The van der Waals surface area contributed by atoms with Gasteiger partial charge in [0.15, 0.2) is 6.10 Å². The Labute approximate surface area is 134 Å². The van der Waals surface area contributed by atoms with Crippen molar-refractivity contribution in [1.29, 1.82) is 0 Å². The number of rotatable bonds is 4. The molecule has 2 rings (SSSR count). The van der Waals surface area contributed by atoms with Gasteiger partial charge in [-0.05, 0) is 53.9 Å². The summed E-state index contributed by atoms with van der Waals surface area (Å²) in [6.45, 7) is 1.34. The average Bonchev–Trinajstić information content (AvgIpc) is 3.21. The number of hydrogen-bond acceptors (Lipinski definition) is 4. The van der Waals surface area contributed by atoms with Gasteiger partial charge in [-0.1, -0.05) is 0 Å². The number of urea groups is 1. The molecule has 0 bridgehead atoms. The smallest absolute Gasteiger partial charge is 0.340 e. The quantitative estimate of drug-likeness (QED) is 0.792. The van der Waals surface area contributed by atoms with Gasteiger partial charge in [0, 0.05) is 10.5 Å². The van der Waals surface area contributed by atoms with E-state index >= 15 is 0 Å². The zero-order chi connectivity index (χ0) is 16.3. The first-order chi connectivity index (χ1) is 10.4. The number of halogens is 2. The van der Waals surface area contributed by atoms with Gasteiger partial charge in [0.1, 0.15) is 5.82 Å². The lowest BCUT2D eigenvalue weighted by molar-refractivity contribution is -0.127. The Balaban J connectivity index is 1.89. The molecule has 0 saturated heterocycles. The van der Waals surface area contributed by atoms with Gasteiger partial charge in [0.25, 0.3) is 5.91 Å². The summed E-state index contributed by atoms with van der Waals surface area (Å²) in [5.74, 6) is -2.03. The molecule has 0 heterocycles. The van der Waals surface area contributed by atoms with Crippen molar-refractivity contribution in [2.24, 2.45) is 0 Å². The van der Waals surface area contributed by atoms with Gasteiger partial charge in [-0.25, -0.2) is 14.0 Å². The number of benzene rings is 1. The molecule has 1 aromatic rings. The zero-order valence-electron chi connectivity index (χ0n) is 11.7. The van der Waals surface area contributed by atoms with Crippen molar-refractivity contribution < 1.29 is 23.5 Å². The maximum absolute atomic E-state index is 13.0. The summed E-state index contributed by atoms with van der Waals surface area (Å²) >= 11 is 3.04. The lowest BCUT2D eigenvalue weighted by Crippen LogP contribution is -2.45. The van der Waals surface area contributed by atoms with Gasteiger partial charge >= 0.3 is 12.0 Å². The minimum atomic E-state index is -1.16. The van der Waals surface area contributed by atoms with E-state index in [1.54, 1.807) is 0 Å². The summed E-state index contributed by atoms with van der Waals surface area (Å²) in [6.07, 6.45) is 0.629. The predicted octanol–water partition coefficient (Wildman–Crippen LogP) is 2.12. The Morgan fingerprint density at radius 2 is 2.05 bits per heavy atom. The second-order valence-electron chi connectivity index (χ2n) is 4.91. The normalized spacial score (nSPS) is 14.9. The standard InChI is InChI=1S/C14H14BrFN2O4/c1-7(12(19)18-14(21)17-9-3-4-9)22-13(20)10-5-2-8(16)6-11(10)15/h2,5-7,9H,3-4H2,1H3,(H2,17,18,19,21). The number of amides is 3. The average molecular weight is 373 g/mol. The minimum absolute atomic E-state index is 0.0866. The van der Waals surface area contributed by atoms with Gasteiger partial charge in [-0.15, -0.1) is 0 Å². The molecule has 1 aliphatic rings. The van der Waals surface area contributed by atoms with E-state index in [2.05, 4.69) is 26.6 Å². The number of ether oxygens (including phenoxy) is 1. The molecule has 1 unspecified atom stereocenters. The van der Waals surface area contributed by atoms with Crippen molar-refractivity contribution in [3.05, 3.63) is 34.1 Å². The van der Waals surface area contributed by atoms with Crippen molar-refractivity contribution in [3.63, 3.8) is 0 Å². The first-order valence-corrected chi connectivity index (χ1v) is 7.43. The summed E-state index contributed by atoms with van der Waals surface area (Å²) in [4.78, 5) is 35.1. The highest BCUT2D eigenvalue weighted by Gasteiger charge is 2.26. The molecule has 0 radical (unpaired) electrons. The zero-order valence-corrected chi connectivity index (χ0v) is 13.3. The summed E-state index contributed by atoms with van der Waals surface area (Å²) in [5.41, 5.74) is 0.0866. The molecule has 1 saturated carbocycles. The van der Waals surface area contributed by atoms with Crippen molar-refractivity contribution in [2.45, 2.75) is 31.9 Å². The van der Waals surface area contributed by atoms with E-state index in [4.69, 9.17) is 4.74 Å². The maximum atomic E-state index is 13.0. The van der Waals surface area contributed by atoms with E-state index < -0.39 is 29.8 Å². The first kappa shape index (κ1) is 16.4. The van der Waals surface area contributed by atoms with Crippen molar-refractivity contribution >= 4 is 33.8 Å². The van der Waals surface area contributed by atoms with E-state index in [-0.39, 0.29) is 16.1 Å². The molecule has 22 heavy (non-hydrogen) atoms. The molecular weight excluding hydrogens is 359 g/mol. The molecule has 2 N–H and O–H groups in total. The van der Waals surface area contributed by atoms with Gasteiger partial charge < -0.3 is 10.1 Å². The minimum Gasteiger partial charge on any atom is -0.449 e. The number of nitrogens with one attached hydrogen (secondary N) is 2. The van der Waals surface area contributed by atoms with Crippen LogP contribution in [0.15, 0.2) is 22.7 Å². The summed E-state index contributed by atoms with van der Waals surface area (Å²) in [7, 11) is 0. The van der Waals surface area contributed by atoms with Crippen LogP contribution in [0.4, 0.5) is 9.18 Å². The molecule has 0 aliphatic heterocycles. The summed E-state index contributed by atoms with van der Waals surface area (Å²) in [6, 6.07) is 2.96. The molecule has 1 fully saturated rings. The van der Waals surface area contributed by atoms with Crippen LogP contribution in [0.1, 0.15) is 30.1 Å². The van der Waals surface area contributed by atoms with Gasteiger partial charge in [-0.3, -0.25) is 10.1 Å². The van der Waals surface area contributed by atoms with E-state index in [1.165, 1.54) is 13.0 Å². The monoisotopic (exact) mass is 372 g/mol. The van der Waals surface area contributed by atoms with Gasteiger partial charge in [0.05, 0.1) is 5.56 Å².